The topological polar surface area (TPSA) is 227 Å². The number of nitrogen functional groups attached to an aromatic ring is 1. The first-order valence-electron chi connectivity index (χ1n) is 14.5. The van der Waals surface area contributed by atoms with Crippen LogP contribution >= 0.6 is 15.2 Å². The minimum Gasteiger partial charge on any atom is -0.491 e. The molecule has 1 aromatic carbocycles. The van der Waals surface area contributed by atoms with Crippen LogP contribution in [-0.4, -0.2) is 126 Å². The molecule has 2 aliphatic rings. The molecule has 10 unspecified atom stereocenters. The molecule has 0 spiro atoms. The first-order valence-corrected chi connectivity index (χ1v) is 18.0. The predicted molar refractivity (Wildman–Crippen MR) is 164 cm³/mol. The highest BCUT2D eigenvalue weighted by Crippen LogP contribution is 2.58. The van der Waals surface area contributed by atoms with E-state index in [2.05, 4.69) is 15.0 Å². The summed E-state index contributed by atoms with van der Waals surface area (Å²) < 4.78 is 78.2. The van der Waals surface area contributed by atoms with Crippen LogP contribution in [0.2, 0.25) is 0 Å². The number of ether oxygens (including phenoxy) is 7. The zero-order chi connectivity index (χ0) is 33.8. The number of methoxy groups -OCH3 is 4. The first-order chi connectivity index (χ1) is 22.5. The molecule has 2 aromatic heterocycles. The van der Waals surface area contributed by atoms with E-state index in [1.807, 2.05) is 18.2 Å². The third kappa shape index (κ3) is 8.19. The Morgan fingerprint density at radius 1 is 0.787 bits per heavy atom. The molecular formula is C27H39N5O13P2. The molecule has 260 valence electrons. The van der Waals surface area contributed by atoms with Crippen LogP contribution in [0.4, 0.5) is 5.82 Å². The lowest BCUT2D eigenvalue weighted by atomic mass is 10.1. The van der Waals surface area contributed by atoms with Gasteiger partial charge in [0.15, 0.2) is 23.6 Å². The van der Waals surface area contributed by atoms with Gasteiger partial charge in [-0.15, -0.1) is 0 Å². The number of benzene rings is 1. The molecular weight excluding hydrogens is 664 g/mol. The van der Waals surface area contributed by atoms with Crippen LogP contribution < -0.4 is 10.5 Å². The fourth-order valence-corrected chi connectivity index (χ4v) is 8.90. The average Bonchev–Trinajstić information content (AvgIpc) is 3.74. The summed E-state index contributed by atoms with van der Waals surface area (Å²) in [7, 11) is -3.59. The zero-order valence-corrected chi connectivity index (χ0v) is 27.9. The second-order valence-corrected chi connectivity index (χ2v) is 15.0. The summed E-state index contributed by atoms with van der Waals surface area (Å²) in [6.45, 7) is -0.803. The minimum atomic E-state index is -4.70. The van der Waals surface area contributed by atoms with E-state index in [0.717, 1.165) is 0 Å². The monoisotopic (exact) mass is 703 g/mol. The van der Waals surface area contributed by atoms with Crippen LogP contribution in [0.25, 0.3) is 11.2 Å². The summed E-state index contributed by atoms with van der Waals surface area (Å²) in [5.74, 6) is -0.391. The van der Waals surface area contributed by atoms with Crippen molar-refractivity contribution in [2.75, 3.05) is 59.9 Å². The van der Waals surface area contributed by atoms with E-state index < -0.39 is 83.3 Å². The van der Waals surface area contributed by atoms with Crippen molar-refractivity contribution in [1.82, 2.24) is 19.5 Å². The van der Waals surface area contributed by atoms with Crippen molar-refractivity contribution in [3.63, 3.8) is 0 Å². The van der Waals surface area contributed by atoms with Gasteiger partial charge in [-0.2, -0.15) is 0 Å². The van der Waals surface area contributed by atoms with E-state index in [1.54, 1.807) is 16.7 Å². The maximum atomic E-state index is 13.0. The van der Waals surface area contributed by atoms with E-state index >= 15 is 0 Å². The van der Waals surface area contributed by atoms with E-state index in [-0.39, 0.29) is 12.4 Å². The number of nitrogens with two attached hydrogens (primary N) is 1. The van der Waals surface area contributed by atoms with Crippen LogP contribution in [0.5, 0.6) is 5.75 Å². The Morgan fingerprint density at radius 3 is 1.94 bits per heavy atom. The highest BCUT2D eigenvalue weighted by atomic mass is 31.2. The number of imidazole rings is 1. The third-order valence-electron chi connectivity index (χ3n) is 7.84. The van der Waals surface area contributed by atoms with Gasteiger partial charge in [-0.05, 0) is 12.1 Å². The van der Waals surface area contributed by atoms with Crippen LogP contribution in [0, 0.1) is 0 Å². The number of para-hydroxylation sites is 1. The molecule has 0 saturated carbocycles. The molecule has 0 amide bonds. The van der Waals surface area contributed by atoms with Crippen molar-refractivity contribution in [2.24, 2.45) is 0 Å². The summed E-state index contributed by atoms with van der Waals surface area (Å²) in [5.41, 5.74) is 6.63. The smallest absolute Gasteiger partial charge is 0.340 e. The summed E-state index contributed by atoms with van der Waals surface area (Å²) in [6, 6.07) is 9.10. The molecule has 47 heavy (non-hydrogen) atoms. The summed E-state index contributed by atoms with van der Waals surface area (Å²) in [5, 5.41) is 0. The van der Waals surface area contributed by atoms with Gasteiger partial charge in [0.05, 0.1) is 19.5 Å². The van der Waals surface area contributed by atoms with Gasteiger partial charge in [0, 0.05) is 28.4 Å². The number of hydrogen-bond acceptors (Lipinski definition) is 15. The van der Waals surface area contributed by atoms with Gasteiger partial charge in [0.2, 0.25) is 0 Å². The second kappa shape index (κ2) is 15.3. The summed E-state index contributed by atoms with van der Waals surface area (Å²) >= 11 is 0. The van der Waals surface area contributed by atoms with Crippen LogP contribution in [0.15, 0.2) is 43.0 Å². The predicted octanol–water partition coefficient (Wildman–Crippen LogP) is 1.57. The molecule has 0 bridgehead atoms. The zero-order valence-electron chi connectivity index (χ0n) is 26.1. The number of hydrogen-bond donors (Lipinski definition) is 3. The normalized spacial score (nSPS) is 30.3. The molecule has 3 aromatic rings. The Balaban J connectivity index is 1.17. The largest absolute Gasteiger partial charge is 0.491 e. The first kappa shape index (κ1) is 35.7. The van der Waals surface area contributed by atoms with Crippen molar-refractivity contribution >= 4 is 32.2 Å². The molecule has 2 saturated heterocycles. The van der Waals surface area contributed by atoms with Crippen molar-refractivity contribution < 1.29 is 61.1 Å². The molecule has 4 heterocycles. The summed E-state index contributed by atoms with van der Waals surface area (Å²) in [6.07, 6.45) is -3.20. The Kier molecular flexibility index (Phi) is 11.6. The second-order valence-electron chi connectivity index (χ2n) is 10.8. The Hall–Kier alpha value is -2.57. The van der Waals surface area contributed by atoms with Gasteiger partial charge < -0.3 is 57.7 Å². The van der Waals surface area contributed by atoms with Crippen molar-refractivity contribution in [1.29, 1.82) is 0 Å². The molecule has 0 aliphatic carbocycles. The van der Waals surface area contributed by atoms with Gasteiger partial charge in [-0.25, -0.2) is 15.0 Å². The van der Waals surface area contributed by atoms with Gasteiger partial charge >= 0.3 is 15.2 Å². The highest BCUT2D eigenvalue weighted by Gasteiger charge is 2.49. The van der Waals surface area contributed by atoms with Crippen LogP contribution in [-0.2, 0) is 46.6 Å². The van der Waals surface area contributed by atoms with E-state index in [4.69, 9.17) is 47.9 Å². The van der Waals surface area contributed by atoms with Crippen molar-refractivity contribution in [3.8, 4) is 5.75 Å². The Morgan fingerprint density at radius 2 is 1.34 bits per heavy atom. The number of nitrogens with zero attached hydrogens (tertiary/aromatic N) is 4. The van der Waals surface area contributed by atoms with Gasteiger partial charge in [0.25, 0.3) is 0 Å². The molecule has 0 radical (unpaired) electrons. The highest BCUT2D eigenvalue weighted by molar-refractivity contribution is 7.70. The van der Waals surface area contributed by atoms with Gasteiger partial charge in [-0.1, -0.05) is 18.2 Å². The molecule has 2 fully saturated rings. The fourth-order valence-electron chi connectivity index (χ4n) is 5.68. The standard InChI is InChI=1S/C27H39N5O13P2/c1-37-21-17(10-41-16-8-6-5-7-9-16)44-18(22(21)38-2)11-42-46(33,34)15-47(35,36)43-12-19-23(39-3)24(40-4)27(45-19)32-14-31-20-25(28)29-13-30-26(20)32/h5-9,13-14,17-19,21-24,27H,10-12,15H2,1-4H3,(H,33,34)(H,35,36)(H2,28,29,30). The van der Waals surface area contributed by atoms with Gasteiger partial charge in [0.1, 0.15) is 66.9 Å². The SMILES string of the molecule is COC1C(COc2ccccc2)OC(COP(=O)(O)CP(=O)(O)OCC2OC(n3cnc4c(N)ncnc43)C(OC)C2OC)C1OC. The van der Waals surface area contributed by atoms with E-state index in [1.165, 1.54) is 41.1 Å². The lowest BCUT2D eigenvalue weighted by Crippen LogP contribution is -2.39. The summed E-state index contributed by atoms with van der Waals surface area (Å²) in [4.78, 5) is 33.5. The van der Waals surface area contributed by atoms with Gasteiger partial charge in [-0.3, -0.25) is 13.7 Å². The maximum absolute atomic E-state index is 13.0. The Labute approximate surface area is 270 Å². The quantitative estimate of drug-likeness (QED) is 0.180. The van der Waals surface area contributed by atoms with E-state index in [9.17, 15) is 18.9 Å². The lowest BCUT2D eigenvalue weighted by Gasteiger charge is -2.23. The minimum absolute atomic E-state index is 0.116. The molecule has 18 nitrogen and oxygen atoms in total. The number of rotatable bonds is 16. The molecule has 20 heteroatoms. The third-order valence-corrected chi connectivity index (χ3v) is 11.8. The van der Waals surface area contributed by atoms with E-state index in [0.29, 0.717) is 16.9 Å². The van der Waals surface area contributed by atoms with Crippen molar-refractivity contribution in [3.05, 3.63) is 43.0 Å². The molecule has 5 rings (SSSR count). The van der Waals surface area contributed by atoms with Crippen LogP contribution in [0.3, 0.4) is 0 Å². The number of aromatic nitrogens is 4. The maximum Gasteiger partial charge on any atom is 0.340 e. The number of anilines is 1. The molecule has 2 aliphatic heterocycles. The molecule has 10 atom stereocenters. The lowest BCUT2D eigenvalue weighted by molar-refractivity contribution is -0.0566. The Bertz CT molecular complexity index is 1570. The number of fused-ring (bicyclic) bond motifs is 1. The molecule has 4 N–H and O–H groups in total. The fraction of sp³-hybridized carbons (Fsp3) is 0.593. The van der Waals surface area contributed by atoms with Crippen molar-refractivity contribution in [2.45, 2.75) is 49.0 Å². The van der Waals surface area contributed by atoms with Crippen LogP contribution in [0.1, 0.15) is 6.23 Å². The average molecular weight is 704 g/mol.